The molecule has 0 aromatic heterocycles. The Kier molecular flexibility index (Phi) is 4.51. The van der Waals surface area contributed by atoms with Crippen LogP contribution < -0.4 is 10.1 Å². The number of nitrogens with one attached hydrogen (secondary N) is 1. The highest BCUT2D eigenvalue weighted by molar-refractivity contribution is 5.32. The van der Waals surface area contributed by atoms with Gasteiger partial charge < -0.3 is 10.1 Å². The zero-order chi connectivity index (χ0) is 13.9. The number of ether oxygens (including phenoxy) is 1. The Hall–Kier alpha value is -1.02. The van der Waals surface area contributed by atoms with Crippen molar-refractivity contribution >= 4 is 0 Å². The minimum Gasteiger partial charge on any atom is -0.489 e. The third-order valence-electron chi connectivity index (χ3n) is 4.06. The summed E-state index contributed by atoms with van der Waals surface area (Å²) in [4.78, 5) is 0. The van der Waals surface area contributed by atoms with Crippen LogP contribution in [0.4, 0.5) is 0 Å². The van der Waals surface area contributed by atoms with Crippen molar-refractivity contribution in [2.75, 3.05) is 7.05 Å². The van der Waals surface area contributed by atoms with Crippen molar-refractivity contribution in [3.05, 3.63) is 29.8 Å². The van der Waals surface area contributed by atoms with Crippen molar-refractivity contribution in [2.24, 2.45) is 0 Å². The summed E-state index contributed by atoms with van der Waals surface area (Å²) >= 11 is 0. The molecule has 1 saturated carbocycles. The summed E-state index contributed by atoms with van der Waals surface area (Å²) < 4.78 is 6.23. The minimum atomic E-state index is 0.175. The van der Waals surface area contributed by atoms with E-state index in [4.69, 9.17) is 4.74 Å². The summed E-state index contributed by atoms with van der Waals surface area (Å²) in [6, 6.07) is 9.06. The van der Waals surface area contributed by atoms with Gasteiger partial charge in [0.25, 0.3) is 0 Å². The molecule has 0 heterocycles. The van der Waals surface area contributed by atoms with E-state index in [9.17, 15) is 0 Å². The van der Waals surface area contributed by atoms with Crippen LogP contribution in [0.2, 0.25) is 0 Å². The van der Waals surface area contributed by atoms with Crippen LogP contribution in [-0.4, -0.2) is 19.2 Å². The van der Waals surface area contributed by atoms with Gasteiger partial charge in [0, 0.05) is 6.04 Å². The second kappa shape index (κ2) is 5.96. The van der Waals surface area contributed by atoms with Gasteiger partial charge in [0.15, 0.2) is 0 Å². The monoisotopic (exact) mass is 261 g/mol. The highest BCUT2D eigenvalue weighted by Crippen LogP contribution is 2.28. The molecule has 19 heavy (non-hydrogen) atoms. The molecule has 1 aromatic rings. The summed E-state index contributed by atoms with van der Waals surface area (Å²) in [6.45, 7) is 6.72. The van der Waals surface area contributed by atoms with Crippen molar-refractivity contribution in [3.63, 3.8) is 0 Å². The molecule has 0 spiro atoms. The standard InChI is InChI=1S/C17H27NO/c1-17(2,3)13-8-7-9-14(12-13)19-16-11-6-5-10-15(16)18-4/h7-9,12,15-16,18H,5-6,10-11H2,1-4H3. The van der Waals surface area contributed by atoms with Crippen LogP contribution in [-0.2, 0) is 5.41 Å². The van der Waals surface area contributed by atoms with E-state index >= 15 is 0 Å². The molecule has 2 atom stereocenters. The molecule has 2 heteroatoms. The molecule has 0 bridgehead atoms. The zero-order valence-electron chi connectivity index (χ0n) is 12.7. The van der Waals surface area contributed by atoms with Crippen molar-refractivity contribution in [1.29, 1.82) is 0 Å². The third-order valence-corrected chi connectivity index (χ3v) is 4.06. The molecule has 0 saturated heterocycles. The molecular weight excluding hydrogens is 234 g/mol. The smallest absolute Gasteiger partial charge is 0.120 e. The van der Waals surface area contributed by atoms with Crippen LogP contribution >= 0.6 is 0 Å². The van der Waals surface area contributed by atoms with E-state index in [0.717, 1.165) is 12.2 Å². The van der Waals surface area contributed by atoms with Crippen LogP contribution in [0.15, 0.2) is 24.3 Å². The Labute approximate surface area is 117 Å². The molecule has 0 radical (unpaired) electrons. The van der Waals surface area contributed by atoms with Gasteiger partial charge in [-0.2, -0.15) is 0 Å². The first-order valence-corrected chi connectivity index (χ1v) is 7.45. The average molecular weight is 261 g/mol. The van der Waals surface area contributed by atoms with Crippen LogP contribution in [0.5, 0.6) is 5.75 Å². The molecule has 2 rings (SSSR count). The van der Waals surface area contributed by atoms with Crippen molar-refractivity contribution < 1.29 is 4.74 Å². The Morgan fingerprint density at radius 2 is 1.89 bits per heavy atom. The lowest BCUT2D eigenvalue weighted by Gasteiger charge is -2.32. The van der Waals surface area contributed by atoms with Crippen molar-refractivity contribution in [1.82, 2.24) is 5.32 Å². The highest BCUT2D eigenvalue weighted by atomic mass is 16.5. The Bertz CT molecular complexity index is 408. The lowest BCUT2D eigenvalue weighted by atomic mass is 9.87. The van der Waals surface area contributed by atoms with Gasteiger partial charge in [0.05, 0.1) is 0 Å². The number of rotatable bonds is 3. The molecule has 1 fully saturated rings. The van der Waals surface area contributed by atoms with Gasteiger partial charge in [-0.3, -0.25) is 0 Å². The Morgan fingerprint density at radius 3 is 2.58 bits per heavy atom. The minimum absolute atomic E-state index is 0.175. The molecule has 1 aliphatic carbocycles. The predicted octanol–water partition coefficient (Wildman–Crippen LogP) is 3.89. The molecule has 0 amide bonds. The third kappa shape index (κ3) is 3.73. The molecule has 1 aliphatic rings. The number of hydrogen-bond acceptors (Lipinski definition) is 2. The topological polar surface area (TPSA) is 21.3 Å². The van der Waals surface area contributed by atoms with E-state index in [2.05, 4.69) is 50.4 Å². The van der Waals surface area contributed by atoms with Gasteiger partial charge in [-0.25, -0.2) is 0 Å². The van der Waals surface area contributed by atoms with Crippen molar-refractivity contribution in [3.8, 4) is 5.75 Å². The Morgan fingerprint density at radius 1 is 1.16 bits per heavy atom. The van der Waals surface area contributed by atoms with E-state index in [1.165, 1.54) is 24.8 Å². The first-order valence-electron chi connectivity index (χ1n) is 7.45. The quantitative estimate of drug-likeness (QED) is 0.891. The van der Waals surface area contributed by atoms with Crippen molar-refractivity contribution in [2.45, 2.75) is 64.0 Å². The van der Waals surface area contributed by atoms with E-state index in [1.807, 2.05) is 7.05 Å². The maximum atomic E-state index is 6.23. The second-order valence-electron chi connectivity index (χ2n) is 6.61. The Balaban J connectivity index is 2.10. The van der Waals surface area contributed by atoms with Crippen LogP contribution in [0.3, 0.4) is 0 Å². The van der Waals surface area contributed by atoms with E-state index in [1.54, 1.807) is 0 Å². The molecular formula is C17H27NO. The van der Waals surface area contributed by atoms with Crippen LogP contribution in [0, 0.1) is 0 Å². The fraction of sp³-hybridized carbons (Fsp3) is 0.647. The lowest BCUT2D eigenvalue weighted by molar-refractivity contribution is 0.118. The highest BCUT2D eigenvalue weighted by Gasteiger charge is 2.25. The molecule has 2 nitrogen and oxygen atoms in total. The van der Waals surface area contributed by atoms with E-state index in [-0.39, 0.29) is 5.41 Å². The molecule has 1 N–H and O–H groups in total. The summed E-state index contributed by atoms with van der Waals surface area (Å²) in [5.41, 5.74) is 1.51. The van der Waals surface area contributed by atoms with Gasteiger partial charge in [-0.05, 0) is 49.4 Å². The second-order valence-corrected chi connectivity index (χ2v) is 6.61. The fourth-order valence-corrected chi connectivity index (χ4v) is 2.78. The maximum absolute atomic E-state index is 6.23. The largest absolute Gasteiger partial charge is 0.489 e. The van der Waals surface area contributed by atoms with E-state index in [0.29, 0.717) is 12.1 Å². The lowest BCUT2D eigenvalue weighted by Crippen LogP contribution is -2.43. The van der Waals surface area contributed by atoms with Gasteiger partial charge in [0.2, 0.25) is 0 Å². The normalized spacial score (nSPS) is 24.2. The van der Waals surface area contributed by atoms with Gasteiger partial charge in [-0.1, -0.05) is 39.3 Å². The zero-order valence-corrected chi connectivity index (χ0v) is 12.7. The molecule has 106 valence electrons. The maximum Gasteiger partial charge on any atom is 0.120 e. The van der Waals surface area contributed by atoms with Gasteiger partial charge in [0.1, 0.15) is 11.9 Å². The molecule has 1 aromatic carbocycles. The summed E-state index contributed by atoms with van der Waals surface area (Å²) in [7, 11) is 2.04. The summed E-state index contributed by atoms with van der Waals surface area (Å²) in [5, 5.41) is 3.39. The first-order chi connectivity index (χ1) is 9.00. The van der Waals surface area contributed by atoms with Crippen LogP contribution in [0.1, 0.15) is 52.0 Å². The molecule has 0 aliphatic heterocycles. The number of likely N-dealkylation sites (N-methyl/N-ethyl adjacent to an activating group) is 1. The number of hydrogen-bond donors (Lipinski definition) is 1. The fourth-order valence-electron chi connectivity index (χ4n) is 2.78. The average Bonchev–Trinajstić information content (AvgIpc) is 2.39. The number of benzene rings is 1. The SMILES string of the molecule is CNC1CCCCC1Oc1cccc(C(C)(C)C)c1. The van der Waals surface area contributed by atoms with Crippen LogP contribution in [0.25, 0.3) is 0 Å². The molecule has 2 unspecified atom stereocenters. The van der Waals surface area contributed by atoms with Gasteiger partial charge >= 0.3 is 0 Å². The first kappa shape index (κ1) is 14.4. The summed E-state index contributed by atoms with van der Waals surface area (Å²) in [6.07, 6.45) is 5.29. The summed E-state index contributed by atoms with van der Waals surface area (Å²) in [5.74, 6) is 1.01. The van der Waals surface area contributed by atoms with E-state index < -0.39 is 0 Å². The van der Waals surface area contributed by atoms with Gasteiger partial charge in [-0.15, -0.1) is 0 Å². The predicted molar refractivity (Wildman–Crippen MR) is 80.9 cm³/mol.